The molecule has 2 aromatic rings. The Morgan fingerprint density at radius 1 is 1.37 bits per heavy atom. The fraction of sp³-hybridized carbons (Fsp3) is 0.421. The Labute approximate surface area is 261 Å². The van der Waals surface area contributed by atoms with E-state index in [-0.39, 0.29) is 61.9 Å². The molecule has 19 heteroatoms. The van der Waals surface area contributed by atoms with E-state index in [1.807, 2.05) is 19.0 Å². The van der Waals surface area contributed by atoms with E-state index in [0.29, 0.717) is 23.0 Å². The van der Waals surface area contributed by atoms with E-state index >= 15 is 0 Å². The first-order chi connectivity index (χ1) is 17.6. The molecule has 200 valence electrons. The summed E-state index contributed by atoms with van der Waals surface area (Å²) >= 11 is 15.6. The molecule has 2 aliphatic heterocycles. The van der Waals surface area contributed by atoms with Crippen molar-refractivity contribution >= 4 is 116 Å². The van der Waals surface area contributed by atoms with Gasteiger partial charge in [0.05, 0.1) is 17.8 Å². The maximum absolute atomic E-state index is 13.0. The number of rotatable bonds is 10. The summed E-state index contributed by atoms with van der Waals surface area (Å²) in [5, 5.41) is 25.9. The Bertz CT molecular complexity index is 1300. The van der Waals surface area contributed by atoms with Crippen LogP contribution in [0.5, 0.6) is 0 Å². The van der Waals surface area contributed by atoms with Gasteiger partial charge in [0.25, 0.3) is 11.8 Å². The number of carbonyl (C=O) groups is 3. The number of hydrogen-bond acceptors (Lipinski definition) is 12. The number of aromatic nitrogens is 5. The molecule has 1 saturated heterocycles. The average molecular weight is 631 g/mol. The first kappa shape index (κ1) is 31.2. The molecule has 2 aliphatic rings. The molecule has 2 aromatic heterocycles. The van der Waals surface area contributed by atoms with Crippen LogP contribution in [0.4, 0.5) is 5.13 Å². The summed E-state index contributed by atoms with van der Waals surface area (Å²) in [4.78, 5) is 45.3. The summed E-state index contributed by atoms with van der Waals surface area (Å²) in [7, 11) is 3.87. The number of likely N-dealkylation sites (N-methyl/N-ethyl adjacent to an activating group) is 1. The molecule has 4 heterocycles. The van der Waals surface area contributed by atoms with Gasteiger partial charge in [0.1, 0.15) is 21.6 Å². The van der Waals surface area contributed by atoms with Crippen LogP contribution < -0.4 is 11.1 Å². The number of β-lactam (4-membered cyclic amide) rings is 1. The Morgan fingerprint density at radius 2 is 2.11 bits per heavy atom. The van der Waals surface area contributed by atoms with Crippen LogP contribution in [0.15, 0.2) is 26.3 Å². The second kappa shape index (κ2) is 13.3. The number of carboxylic acid groups (broad SMARTS) is 1. The number of thioether (sulfide) groups is 2. The van der Waals surface area contributed by atoms with Gasteiger partial charge in [0.2, 0.25) is 5.16 Å². The summed E-state index contributed by atoms with van der Waals surface area (Å²) in [5.41, 5.74) is 6.15. The van der Waals surface area contributed by atoms with E-state index in [4.69, 9.17) is 28.9 Å². The van der Waals surface area contributed by atoms with E-state index in [0.717, 1.165) is 17.9 Å². The maximum atomic E-state index is 13.0. The average Bonchev–Trinajstić information content (AvgIpc) is 3.47. The number of nitrogens with one attached hydrogen (secondary N) is 1. The summed E-state index contributed by atoms with van der Waals surface area (Å²) in [6.07, 6.45) is 0. The van der Waals surface area contributed by atoms with Crippen molar-refractivity contribution in [2.45, 2.75) is 23.1 Å². The van der Waals surface area contributed by atoms with Crippen molar-refractivity contribution < 1.29 is 19.5 Å². The molecule has 13 nitrogen and oxygen atoms in total. The van der Waals surface area contributed by atoms with Crippen LogP contribution in [0.1, 0.15) is 5.69 Å². The van der Waals surface area contributed by atoms with Gasteiger partial charge in [0.15, 0.2) is 5.13 Å². The second-order valence-corrected chi connectivity index (χ2v) is 12.0. The first-order valence-electron chi connectivity index (χ1n) is 10.6. The molecule has 2 amide bonds. The van der Waals surface area contributed by atoms with Crippen LogP contribution in [0.2, 0.25) is 0 Å². The molecule has 0 saturated carbocycles. The topological polar surface area (TPSA) is 172 Å². The zero-order chi connectivity index (χ0) is 26.9. The fourth-order valence-electron chi connectivity index (χ4n) is 3.60. The first-order valence-corrected chi connectivity index (χ1v) is 14.3. The normalized spacial score (nSPS) is 18.6. The Balaban J connectivity index is 0.00000400. The van der Waals surface area contributed by atoms with Crippen LogP contribution in [-0.4, -0.2) is 131 Å². The molecule has 1 fully saturated rings. The second-order valence-electron chi connectivity index (χ2n) is 8.10. The molecule has 0 aliphatic carbocycles. The number of nitrogen functional groups attached to an aromatic ring is 1. The number of carboxylic acids is 1. The Kier molecular flexibility index (Phi) is 10.9. The molecule has 0 bridgehead atoms. The monoisotopic (exact) mass is 629 g/mol. The summed E-state index contributed by atoms with van der Waals surface area (Å²) in [6.45, 7) is 1.31. The molecule has 2 atom stereocenters. The van der Waals surface area contributed by atoms with Gasteiger partial charge < -0.3 is 21.1 Å². The third-order valence-electron chi connectivity index (χ3n) is 5.36. The number of fused-ring (bicyclic) bond motifs is 1. The minimum absolute atomic E-state index is 0. The van der Waals surface area contributed by atoms with Crippen molar-refractivity contribution in [3.63, 3.8) is 0 Å². The minimum atomic E-state index is -1.23. The van der Waals surface area contributed by atoms with E-state index in [9.17, 15) is 19.5 Å². The molecule has 4 rings (SSSR count). The van der Waals surface area contributed by atoms with Crippen LogP contribution in [0.25, 0.3) is 5.57 Å². The van der Waals surface area contributed by atoms with E-state index < -0.39 is 29.2 Å². The van der Waals surface area contributed by atoms with Gasteiger partial charge in [-0.25, -0.2) is 14.5 Å². The van der Waals surface area contributed by atoms with E-state index in [1.54, 1.807) is 4.68 Å². The number of aliphatic carboxylic acids is 1. The van der Waals surface area contributed by atoms with Crippen molar-refractivity contribution in [3.05, 3.63) is 26.8 Å². The number of nitrogens with two attached hydrogens (primary N) is 1. The predicted octanol–water partition coefficient (Wildman–Crippen LogP) is 0.302. The molecular weight excluding hydrogens is 608 g/mol. The van der Waals surface area contributed by atoms with Gasteiger partial charge in [-0.1, -0.05) is 35.0 Å². The van der Waals surface area contributed by atoms with Crippen LogP contribution in [-0.2, 0) is 20.9 Å². The Hall–Kier alpha value is -1.37. The fourth-order valence-corrected chi connectivity index (χ4v) is 6.90. The third kappa shape index (κ3) is 6.67. The molecule has 38 heavy (non-hydrogen) atoms. The van der Waals surface area contributed by atoms with Crippen molar-refractivity contribution in [2.24, 2.45) is 0 Å². The van der Waals surface area contributed by atoms with E-state index in [1.165, 1.54) is 33.8 Å². The molecular formula is C19H22Cl2N9NaO4S3. The molecule has 0 aromatic carbocycles. The van der Waals surface area contributed by atoms with Crippen molar-refractivity contribution in [1.82, 2.24) is 40.3 Å². The zero-order valence-electron chi connectivity index (χ0n) is 19.4. The molecule has 1 unspecified atom stereocenters. The summed E-state index contributed by atoms with van der Waals surface area (Å²) in [5.74, 6) is -1.87. The van der Waals surface area contributed by atoms with Crippen molar-refractivity contribution in [1.29, 1.82) is 0 Å². The third-order valence-corrected chi connectivity index (χ3v) is 8.80. The van der Waals surface area contributed by atoms with Gasteiger partial charge in [-0.15, -0.1) is 28.2 Å². The summed E-state index contributed by atoms with van der Waals surface area (Å²) in [6, 6.07) is -0.960. The molecule has 4 N–H and O–H groups in total. The van der Waals surface area contributed by atoms with Crippen molar-refractivity contribution in [2.75, 3.05) is 37.9 Å². The predicted molar refractivity (Wildman–Crippen MR) is 149 cm³/mol. The summed E-state index contributed by atoms with van der Waals surface area (Å²) < 4.78 is 1.31. The van der Waals surface area contributed by atoms with Crippen molar-refractivity contribution in [3.8, 4) is 0 Å². The number of tetrazole rings is 1. The van der Waals surface area contributed by atoms with E-state index in [2.05, 4.69) is 25.8 Å². The van der Waals surface area contributed by atoms with Gasteiger partial charge in [-0.2, -0.15) is 0 Å². The van der Waals surface area contributed by atoms with Gasteiger partial charge in [0, 0.05) is 23.4 Å². The number of carbonyl (C=O) groups excluding carboxylic acids is 2. The van der Waals surface area contributed by atoms with Gasteiger partial charge in [-0.3, -0.25) is 14.5 Å². The molecule has 0 radical (unpaired) electrons. The zero-order valence-corrected chi connectivity index (χ0v) is 23.4. The van der Waals surface area contributed by atoms with Gasteiger partial charge >= 0.3 is 35.5 Å². The number of amides is 2. The van der Waals surface area contributed by atoms with Crippen LogP contribution >= 0.6 is 58.1 Å². The van der Waals surface area contributed by atoms with Crippen LogP contribution in [0.3, 0.4) is 0 Å². The number of hydrogen-bond donors (Lipinski definition) is 3. The number of thiazole rings is 1. The quantitative estimate of drug-likeness (QED) is 0.142. The van der Waals surface area contributed by atoms with Crippen LogP contribution in [0, 0.1) is 0 Å². The standard InChI is InChI=1S/C19H21Cl2N9O4S3.Na.H/c1-28(2)3-4-29-19(25-26-27-29)37-6-8-5-35-16-11(15(32)30(16)12(8)17(33)34)24-14(31)10(13(20)21)9-7-36-18(22)23-9;;/h7,11,16H,3-6H2,1-2H3,(H2,22,23)(H,24,31)(H,33,34);;/t11?,16-;;/m1../s1. The number of anilines is 1. The number of nitrogens with zero attached hydrogens (tertiary/aromatic N) is 7. The Morgan fingerprint density at radius 3 is 2.71 bits per heavy atom. The SMILES string of the molecule is CN(C)CCn1nnnc1SCC1=C(C(=O)O)N2C(=O)C(NC(=O)C(=C(Cl)Cl)c3csc(N)n3)[C@H]2SC1.[NaH]. The van der Waals surface area contributed by atoms with Gasteiger partial charge in [-0.05, 0) is 30.1 Å². The molecule has 0 spiro atoms. The number of halogens is 2.